The van der Waals surface area contributed by atoms with Crippen molar-refractivity contribution in [2.24, 2.45) is 34.5 Å². The van der Waals surface area contributed by atoms with Crippen molar-refractivity contribution in [2.75, 3.05) is 5.32 Å². The number of rotatable bonds is 2. The number of benzene rings is 1. The van der Waals surface area contributed by atoms with E-state index < -0.39 is 52.6 Å². The third-order valence-corrected chi connectivity index (χ3v) is 10.0. The summed E-state index contributed by atoms with van der Waals surface area (Å²) in [5, 5.41) is 15.6. The number of carbonyl (C=O) groups excluding carboxylic acids is 1. The number of anilines is 1. The van der Waals surface area contributed by atoms with Gasteiger partial charge in [0.15, 0.2) is 0 Å². The Labute approximate surface area is 211 Å². The predicted octanol–water partition coefficient (Wildman–Crippen LogP) is 6.37. The summed E-state index contributed by atoms with van der Waals surface area (Å²) in [4.78, 5) is 13.4. The molecule has 0 radical (unpaired) electrons. The maximum atomic E-state index is 13.6. The van der Waals surface area contributed by atoms with Crippen LogP contribution in [0.3, 0.4) is 0 Å². The lowest BCUT2D eigenvalue weighted by molar-refractivity contribution is -0.141. The fraction of sp³-hybridized carbons (Fsp3) is 0.667. The molecule has 0 bridgehead atoms. The number of alkyl halides is 6. The van der Waals surface area contributed by atoms with Crippen LogP contribution in [-0.4, -0.2) is 23.3 Å². The highest BCUT2D eigenvalue weighted by molar-refractivity contribution is 5.94. The van der Waals surface area contributed by atoms with Crippen molar-refractivity contribution < 1.29 is 36.2 Å². The normalized spacial score (nSPS) is 39.5. The Morgan fingerprint density at radius 2 is 1.73 bits per heavy atom. The van der Waals surface area contributed by atoms with E-state index in [0.717, 1.165) is 25.7 Å². The number of aliphatic hydroxyl groups is 1. The maximum absolute atomic E-state index is 13.6. The smallest absolute Gasteiger partial charge is 0.375 e. The Kier molecular flexibility index (Phi) is 6.26. The minimum absolute atomic E-state index is 0.135. The summed E-state index contributed by atoms with van der Waals surface area (Å²) in [6.45, 7) is 4.23. The van der Waals surface area contributed by atoms with Crippen LogP contribution in [-0.2, 0) is 17.1 Å². The first-order valence-electron chi connectivity index (χ1n) is 12.9. The molecule has 5 unspecified atom stereocenters. The van der Waals surface area contributed by atoms with Gasteiger partial charge in [-0.25, -0.2) is 0 Å². The molecule has 1 aromatic rings. The quantitative estimate of drug-likeness (QED) is 0.308. The molecule has 4 nitrogen and oxygen atoms in total. The number of carbonyl (C=O) groups is 1. The second kappa shape index (κ2) is 8.73. The molecule has 10 heteroatoms. The molecule has 8 atom stereocenters. The van der Waals surface area contributed by atoms with Crippen LogP contribution in [0.4, 0.5) is 32.0 Å². The standard InChI is InChI=1S/C27H32F6N2O2/c1-24-11-9-17-15(4-8-21-25(17,2)12-10-22(36)35-21)16(24)6-7-19(24)23(37)34-20-13-14(26(28,29)30)3-5-18(20)27(31,32)33/h3,5,10,12-13,15-17,19,21-22,35-36H,4,6-9,11H2,1-2H3,(H,34,37)/t15?,16?,17?,19-,21?,22?,24+,25-/m1/s1. The van der Waals surface area contributed by atoms with Crippen molar-refractivity contribution in [3.05, 3.63) is 41.5 Å². The van der Waals surface area contributed by atoms with E-state index in [4.69, 9.17) is 0 Å². The van der Waals surface area contributed by atoms with E-state index in [-0.39, 0.29) is 17.4 Å². The van der Waals surface area contributed by atoms with Gasteiger partial charge in [0.1, 0.15) is 6.23 Å². The van der Waals surface area contributed by atoms with E-state index in [2.05, 4.69) is 23.6 Å². The van der Waals surface area contributed by atoms with E-state index in [0.29, 0.717) is 42.9 Å². The Morgan fingerprint density at radius 3 is 2.41 bits per heavy atom. The highest BCUT2D eigenvalue weighted by Gasteiger charge is 2.61. The average molecular weight is 531 g/mol. The van der Waals surface area contributed by atoms with Crippen molar-refractivity contribution in [1.82, 2.24) is 5.32 Å². The number of hydrogen-bond acceptors (Lipinski definition) is 3. The molecule has 0 aromatic heterocycles. The number of aliphatic hydroxyl groups excluding tert-OH is 1. The highest BCUT2D eigenvalue weighted by Crippen LogP contribution is 2.65. The first kappa shape index (κ1) is 26.5. The molecule has 3 N–H and O–H groups in total. The lowest BCUT2D eigenvalue weighted by Gasteiger charge is -2.59. The van der Waals surface area contributed by atoms with Gasteiger partial charge in [0.2, 0.25) is 5.91 Å². The van der Waals surface area contributed by atoms with Gasteiger partial charge in [-0.2, -0.15) is 26.3 Å². The summed E-state index contributed by atoms with van der Waals surface area (Å²) >= 11 is 0. The highest BCUT2D eigenvalue weighted by atomic mass is 19.4. The van der Waals surface area contributed by atoms with E-state index >= 15 is 0 Å². The van der Waals surface area contributed by atoms with E-state index in [1.807, 2.05) is 6.92 Å². The van der Waals surface area contributed by atoms with E-state index in [9.17, 15) is 36.2 Å². The minimum atomic E-state index is -4.91. The molecule has 0 spiro atoms. The number of halogens is 6. The van der Waals surface area contributed by atoms with E-state index in [1.54, 1.807) is 6.08 Å². The van der Waals surface area contributed by atoms with Crippen molar-refractivity contribution in [2.45, 2.75) is 77.0 Å². The fourth-order valence-electron chi connectivity index (χ4n) is 8.18. The molecule has 1 aliphatic heterocycles. The summed E-state index contributed by atoms with van der Waals surface area (Å²) in [6.07, 6.45) is -1.90. The molecule has 1 aromatic carbocycles. The largest absolute Gasteiger partial charge is 0.418 e. The van der Waals surface area contributed by atoms with Crippen molar-refractivity contribution in [3.8, 4) is 0 Å². The summed E-state index contributed by atoms with van der Waals surface area (Å²) in [7, 11) is 0. The first-order chi connectivity index (χ1) is 17.1. The van der Waals surface area contributed by atoms with Gasteiger partial charge < -0.3 is 10.4 Å². The SMILES string of the molecule is C[C@]12C=CC(O)NC1CCC1C2CC[C@@]2(C)C1CC[C@@H]2C(=O)Nc1cc(C(F)(F)F)ccc1C(F)(F)F. The van der Waals surface area contributed by atoms with Crippen LogP contribution >= 0.6 is 0 Å². The molecule has 0 saturated heterocycles. The van der Waals surface area contributed by atoms with Crippen LogP contribution in [0.5, 0.6) is 0 Å². The van der Waals surface area contributed by atoms with Gasteiger partial charge in [0.25, 0.3) is 0 Å². The van der Waals surface area contributed by atoms with Crippen molar-refractivity contribution in [1.29, 1.82) is 0 Å². The Balaban J connectivity index is 1.40. The zero-order chi connectivity index (χ0) is 27.0. The van der Waals surface area contributed by atoms with Crippen molar-refractivity contribution in [3.63, 3.8) is 0 Å². The molecule has 1 amide bonds. The van der Waals surface area contributed by atoms with Gasteiger partial charge in [-0.3, -0.25) is 10.1 Å². The van der Waals surface area contributed by atoms with Gasteiger partial charge in [-0.1, -0.05) is 19.9 Å². The Morgan fingerprint density at radius 1 is 1.00 bits per heavy atom. The predicted molar refractivity (Wildman–Crippen MR) is 125 cm³/mol. The molecule has 3 aliphatic carbocycles. The number of fused-ring (bicyclic) bond motifs is 5. The van der Waals surface area contributed by atoms with Gasteiger partial charge in [0, 0.05) is 17.4 Å². The number of nitrogens with one attached hydrogen (secondary N) is 2. The average Bonchev–Trinajstić information content (AvgIpc) is 3.15. The zero-order valence-electron chi connectivity index (χ0n) is 20.7. The molecule has 4 aliphatic rings. The van der Waals surface area contributed by atoms with Crippen LogP contribution in [0.25, 0.3) is 0 Å². The summed E-state index contributed by atoms with van der Waals surface area (Å²) in [6, 6.07) is 1.30. The zero-order valence-corrected chi connectivity index (χ0v) is 20.7. The lowest BCUT2D eigenvalue weighted by atomic mass is 9.48. The van der Waals surface area contributed by atoms with Gasteiger partial charge in [-0.05, 0) is 86.0 Å². The number of amides is 1. The van der Waals surface area contributed by atoms with Gasteiger partial charge >= 0.3 is 12.4 Å². The molecule has 37 heavy (non-hydrogen) atoms. The topological polar surface area (TPSA) is 61.4 Å². The molecule has 3 fully saturated rings. The monoisotopic (exact) mass is 530 g/mol. The Hall–Kier alpha value is -2.07. The van der Waals surface area contributed by atoms with Crippen LogP contribution in [0.1, 0.15) is 63.5 Å². The Bertz CT molecular complexity index is 1100. The van der Waals surface area contributed by atoms with Crippen LogP contribution in [0, 0.1) is 34.5 Å². The molecule has 1 heterocycles. The second-order valence-electron chi connectivity index (χ2n) is 11.8. The molecule has 3 saturated carbocycles. The third kappa shape index (κ3) is 4.37. The third-order valence-electron chi connectivity index (χ3n) is 10.0. The molecular weight excluding hydrogens is 498 g/mol. The van der Waals surface area contributed by atoms with Gasteiger partial charge in [-0.15, -0.1) is 0 Å². The van der Waals surface area contributed by atoms with E-state index in [1.165, 1.54) is 0 Å². The van der Waals surface area contributed by atoms with Crippen LogP contribution < -0.4 is 10.6 Å². The van der Waals surface area contributed by atoms with Crippen molar-refractivity contribution >= 4 is 11.6 Å². The minimum Gasteiger partial charge on any atom is -0.375 e. The molecule has 5 rings (SSSR count). The first-order valence-corrected chi connectivity index (χ1v) is 12.9. The molecule has 204 valence electrons. The van der Waals surface area contributed by atoms with Crippen LogP contribution in [0.15, 0.2) is 30.4 Å². The summed E-state index contributed by atoms with van der Waals surface area (Å²) in [5.41, 5.74) is -3.96. The fourth-order valence-corrected chi connectivity index (χ4v) is 8.18. The lowest BCUT2D eigenvalue weighted by Crippen LogP contribution is -2.60. The summed E-state index contributed by atoms with van der Waals surface area (Å²) in [5.74, 6) is -0.345. The maximum Gasteiger partial charge on any atom is 0.418 e. The van der Waals surface area contributed by atoms with Gasteiger partial charge in [0.05, 0.1) is 16.8 Å². The number of hydrogen-bond donors (Lipinski definition) is 3. The summed E-state index contributed by atoms with van der Waals surface area (Å²) < 4.78 is 80.4. The molecular formula is C27H32F6N2O2. The second-order valence-corrected chi connectivity index (χ2v) is 11.8. The van der Waals surface area contributed by atoms with Crippen LogP contribution in [0.2, 0.25) is 0 Å².